The van der Waals surface area contributed by atoms with Crippen LogP contribution in [-0.2, 0) is 25.5 Å². The maximum absolute atomic E-state index is 12.4. The molecule has 6 nitrogen and oxygen atoms in total. The van der Waals surface area contributed by atoms with E-state index in [2.05, 4.69) is 17.0 Å². The predicted octanol–water partition coefficient (Wildman–Crippen LogP) is 3.72. The van der Waals surface area contributed by atoms with Crippen molar-refractivity contribution in [1.82, 2.24) is 4.90 Å². The quantitative estimate of drug-likeness (QED) is 0.337. The number of ether oxygens (including phenoxy) is 3. The zero-order valence-corrected chi connectivity index (χ0v) is 17.5. The number of hydrogen-bond acceptors (Lipinski definition) is 6. The van der Waals surface area contributed by atoms with Crippen LogP contribution in [0.1, 0.15) is 67.8 Å². The van der Waals surface area contributed by atoms with E-state index in [-0.39, 0.29) is 17.5 Å². The molecule has 2 aliphatic rings. The first-order valence-corrected chi connectivity index (χ1v) is 10.9. The molecule has 2 aliphatic heterocycles. The maximum Gasteiger partial charge on any atom is 0.305 e. The zero-order chi connectivity index (χ0) is 20.5. The number of rotatable bonds is 10. The van der Waals surface area contributed by atoms with Gasteiger partial charge >= 0.3 is 5.97 Å². The van der Waals surface area contributed by atoms with E-state index in [1.54, 1.807) is 0 Å². The van der Waals surface area contributed by atoms with E-state index < -0.39 is 0 Å². The van der Waals surface area contributed by atoms with Gasteiger partial charge in [0.25, 0.3) is 0 Å². The van der Waals surface area contributed by atoms with Gasteiger partial charge in [0.1, 0.15) is 0 Å². The van der Waals surface area contributed by atoms with E-state index in [1.807, 2.05) is 19.1 Å². The Morgan fingerprint density at radius 1 is 1.00 bits per heavy atom. The van der Waals surface area contributed by atoms with Crippen molar-refractivity contribution in [3.63, 3.8) is 0 Å². The molecule has 0 amide bonds. The third kappa shape index (κ3) is 6.63. The number of hydrogen-bond donors (Lipinski definition) is 0. The second kappa shape index (κ2) is 10.9. The van der Waals surface area contributed by atoms with Gasteiger partial charge in [0.2, 0.25) is 0 Å². The van der Waals surface area contributed by atoms with Crippen molar-refractivity contribution < 1.29 is 23.8 Å². The molecule has 0 aliphatic carbocycles. The number of esters is 1. The fourth-order valence-electron chi connectivity index (χ4n) is 4.00. The van der Waals surface area contributed by atoms with E-state index in [9.17, 15) is 9.59 Å². The summed E-state index contributed by atoms with van der Waals surface area (Å²) in [5, 5.41) is 0. The number of carbonyl (C=O) groups is 2. The van der Waals surface area contributed by atoms with Gasteiger partial charge in [-0.2, -0.15) is 0 Å². The van der Waals surface area contributed by atoms with Crippen LogP contribution in [0.4, 0.5) is 0 Å². The average molecular weight is 404 g/mol. The number of unbranched alkanes of at least 4 members (excludes halogenated alkanes) is 2. The number of benzene rings is 1. The van der Waals surface area contributed by atoms with Crippen molar-refractivity contribution in [3.05, 3.63) is 35.4 Å². The first kappa shape index (κ1) is 21.9. The van der Waals surface area contributed by atoms with Gasteiger partial charge < -0.3 is 14.2 Å². The summed E-state index contributed by atoms with van der Waals surface area (Å²) < 4.78 is 16.5. The zero-order valence-electron chi connectivity index (χ0n) is 17.5. The summed E-state index contributed by atoms with van der Waals surface area (Å²) in [6, 6.07) is 7.98. The summed E-state index contributed by atoms with van der Waals surface area (Å²) >= 11 is 0. The first-order chi connectivity index (χ1) is 14.1. The summed E-state index contributed by atoms with van der Waals surface area (Å²) in [6.45, 7) is 6.47. The monoisotopic (exact) mass is 403 g/mol. The lowest BCUT2D eigenvalue weighted by Gasteiger charge is -2.37. The van der Waals surface area contributed by atoms with Gasteiger partial charge in [-0.3, -0.25) is 14.5 Å². The Hall–Kier alpha value is -1.76. The SMILES string of the molecule is CCOC(=O)CCCCCC(=O)c1ccc(CN2CCC3(CC2)OCCO3)cc1. The van der Waals surface area contributed by atoms with Crippen molar-refractivity contribution >= 4 is 11.8 Å². The summed E-state index contributed by atoms with van der Waals surface area (Å²) in [7, 11) is 0. The van der Waals surface area contributed by atoms with Gasteiger partial charge in [-0.05, 0) is 25.3 Å². The molecule has 0 atom stereocenters. The number of nitrogens with zero attached hydrogens (tertiary/aromatic N) is 1. The van der Waals surface area contributed by atoms with Crippen molar-refractivity contribution in [2.75, 3.05) is 32.9 Å². The molecule has 1 aromatic rings. The molecule has 2 fully saturated rings. The minimum absolute atomic E-state index is 0.151. The molecule has 0 bridgehead atoms. The Labute approximate surface area is 173 Å². The van der Waals surface area contributed by atoms with E-state index in [4.69, 9.17) is 14.2 Å². The number of piperidine rings is 1. The van der Waals surface area contributed by atoms with Crippen LogP contribution in [0.15, 0.2) is 24.3 Å². The molecule has 0 aromatic heterocycles. The van der Waals surface area contributed by atoms with E-state index in [1.165, 1.54) is 5.56 Å². The maximum atomic E-state index is 12.4. The van der Waals surface area contributed by atoms with Gasteiger partial charge in [0.15, 0.2) is 11.6 Å². The lowest BCUT2D eigenvalue weighted by Crippen LogP contribution is -2.44. The number of carbonyl (C=O) groups excluding carboxylic acids is 2. The van der Waals surface area contributed by atoms with Gasteiger partial charge in [-0.1, -0.05) is 30.7 Å². The fraction of sp³-hybridized carbons (Fsp3) is 0.652. The molecule has 2 heterocycles. The van der Waals surface area contributed by atoms with Crippen LogP contribution in [0.25, 0.3) is 0 Å². The lowest BCUT2D eigenvalue weighted by molar-refractivity contribution is -0.185. The molecule has 6 heteroatoms. The van der Waals surface area contributed by atoms with Crippen molar-refractivity contribution in [2.24, 2.45) is 0 Å². The number of Topliss-reactive ketones (excluding diaryl/α,β-unsaturated/α-hetero) is 1. The van der Waals surface area contributed by atoms with E-state index >= 15 is 0 Å². The van der Waals surface area contributed by atoms with E-state index in [0.717, 1.165) is 57.3 Å². The van der Waals surface area contributed by atoms with Gasteiger partial charge in [-0.15, -0.1) is 0 Å². The summed E-state index contributed by atoms with van der Waals surface area (Å²) in [4.78, 5) is 26.1. The van der Waals surface area contributed by atoms with Crippen molar-refractivity contribution in [2.45, 2.75) is 64.2 Å². The van der Waals surface area contributed by atoms with Crippen LogP contribution >= 0.6 is 0 Å². The van der Waals surface area contributed by atoms with Gasteiger partial charge in [0, 0.05) is 50.9 Å². The highest BCUT2D eigenvalue weighted by molar-refractivity contribution is 5.96. The molecule has 0 N–H and O–H groups in total. The minimum atomic E-state index is -0.330. The normalized spacial score (nSPS) is 18.8. The lowest BCUT2D eigenvalue weighted by atomic mass is 10.0. The second-order valence-corrected chi connectivity index (χ2v) is 7.87. The topological polar surface area (TPSA) is 65.1 Å². The van der Waals surface area contributed by atoms with Gasteiger partial charge in [0.05, 0.1) is 19.8 Å². The Morgan fingerprint density at radius 3 is 2.31 bits per heavy atom. The Bertz CT molecular complexity index is 656. The largest absolute Gasteiger partial charge is 0.466 e. The second-order valence-electron chi connectivity index (χ2n) is 7.87. The Balaban J connectivity index is 1.35. The summed E-state index contributed by atoms with van der Waals surface area (Å²) in [5.74, 6) is -0.312. The molecular weight excluding hydrogens is 370 g/mol. The highest BCUT2D eigenvalue weighted by Crippen LogP contribution is 2.31. The molecule has 2 saturated heterocycles. The van der Waals surface area contributed by atoms with Crippen LogP contribution in [0.3, 0.4) is 0 Å². The molecule has 0 unspecified atom stereocenters. The molecule has 160 valence electrons. The molecule has 29 heavy (non-hydrogen) atoms. The predicted molar refractivity (Wildman–Crippen MR) is 110 cm³/mol. The molecule has 0 radical (unpaired) electrons. The summed E-state index contributed by atoms with van der Waals surface area (Å²) in [6.07, 6.45) is 5.24. The number of ketones is 1. The summed E-state index contributed by atoms with van der Waals surface area (Å²) in [5.41, 5.74) is 1.99. The average Bonchev–Trinajstić information content (AvgIpc) is 3.18. The minimum Gasteiger partial charge on any atom is -0.466 e. The van der Waals surface area contributed by atoms with Crippen LogP contribution in [0.2, 0.25) is 0 Å². The number of likely N-dealkylation sites (tertiary alicyclic amines) is 1. The highest BCUT2D eigenvalue weighted by Gasteiger charge is 2.39. The standard InChI is InChI=1S/C23H33NO5/c1-2-27-22(26)7-5-3-4-6-21(25)20-10-8-19(9-11-20)18-24-14-12-23(13-15-24)28-16-17-29-23/h8-11H,2-7,12-18H2,1H3. The molecule has 1 aromatic carbocycles. The molecule has 3 rings (SSSR count). The first-order valence-electron chi connectivity index (χ1n) is 10.9. The van der Waals surface area contributed by atoms with Crippen molar-refractivity contribution in [3.8, 4) is 0 Å². The smallest absolute Gasteiger partial charge is 0.305 e. The third-order valence-corrected chi connectivity index (χ3v) is 5.70. The fourth-order valence-corrected chi connectivity index (χ4v) is 4.00. The third-order valence-electron chi connectivity index (χ3n) is 5.70. The highest BCUT2D eigenvalue weighted by atomic mass is 16.7. The Kier molecular flexibility index (Phi) is 8.21. The Morgan fingerprint density at radius 2 is 1.66 bits per heavy atom. The molecule has 1 spiro atoms. The van der Waals surface area contributed by atoms with Crippen LogP contribution in [-0.4, -0.2) is 55.3 Å². The van der Waals surface area contributed by atoms with E-state index in [0.29, 0.717) is 32.7 Å². The van der Waals surface area contributed by atoms with Crippen molar-refractivity contribution in [1.29, 1.82) is 0 Å². The van der Waals surface area contributed by atoms with Crippen LogP contribution < -0.4 is 0 Å². The van der Waals surface area contributed by atoms with Gasteiger partial charge in [-0.25, -0.2) is 0 Å². The molecular formula is C23H33NO5. The van der Waals surface area contributed by atoms with Crippen LogP contribution in [0.5, 0.6) is 0 Å². The van der Waals surface area contributed by atoms with Crippen LogP contribution in [0, 0.1) is 0 Å². The molecule has 0 saturated carbocycles.